The van der Waals surface area contributed by atoms with Crippen LogP contribution in [0, 0.1) is 5.82 Å². The molecule has 1 N–H and O–H groups in total. The first-order valence-electron chi connectivity index (χ1n) is 14.8. The number of aliphatic hydroxyl groups excluding tert-OH is 1. The van der Waals surface area contributed by atoms with Gasteiger partial charge in [-0.15, -0.1) is 0 Å². The summed E-state index contributed by atoms with van der Waals surface area (Å²) in [5, 5.41) is 12.5. The maximum absolute atomic E-state index is 14.4. The van der Waals surface area contributed by atoms with Gasteiger partial charge >= 0.3 is 6.09 Å². The summed E-state index contributed by atoms with van der Waals surface area (Å²) in [7, 11) is 0. The number of benzene rings is 4. The minimum absolute atomic E-state index is 0.141. The Balaban J connectivity index is 1.66. The van der Waals surface area contributed by atoms with Crippen molar-refractivity contribution in [2.45, 2.75) is 57.7 Å². The van der Waals surface area contributed by atoms with E-state index in [0.29, 0.717) is 45.5 Å². The third-order valence-corrected chi connectivity index (χ3v) is 9.26. The van der Waals surface area contributed by atoms with Crippen molar-refractivity contribution in [3.8, 4) is 5.75 Å². The zero-order chi connectivity index (χ0) is 32.2. The van der Waals surface area contributed by atoms with E-state index in [2.05, 4.69) is 31.9 Å². The second-order valence-electron chi connectivity index (χ2n) is 12.2. The number of hydrogen-bond donors (Lipinski definition) is 1. The van der Waals surface area contributed by atoms with Crippen LogP contribution in [-0.2, 0) is 29.8 Å². The summed E-state index contributed by atoms with van der Waals surface area (Å²) in [5.74, 6) is 0.172. The van der Waals surface area contributed by atoms with Gasteiger partial charge < -0.3 is 14.6 Å². The van der Waals surface area contributed by atoms with Crippen molar-refractivity contribution in [3.05, 3.63) is 134 Å². The highest BCUT2D eigenvalue weighted by molar-refractivity contribution is 9.11. The highest BCUT2D eigenvalue weighted by atomic mass is 79.9. The number of halogens is 3. The number of hydrogen-bond acceptors (Lipinski definition) is 5. The summed E-state index contributed by atoms with van der Waals surface area (Å²) in [6.45, 7) is 6.96. The van der Waals surface area contributed by atoms with E-state index in [1.165, 1.54) is 12.1 Å². The quantitative estimate of drug-likeness (QED) is 0.197. The molecule has 4 aromatic carbocycles. The van der Waals surface area contributed by atoms with Crippen LogP contribution in [0.4, 0.5) is 9.18 Å². The molecular weight excluding hydrogens is 703 g/mol. The molecule has 0 saturated carbocycles. The molecule has 0 aliphatic carbocycles. The molecule has 2 unspecified atom stereocenters. The standard InChI is InChI=1S/C36H37Br2FN2O4/c1-35(2,3)45-34(43)41-18-17-40(23-25-11-6-4-7-12-25)33(42)36(41,22-30-31(37)20-28(39)21-32(30)38)27-15-10-16-29(19-27)44-24-26-13-8-5-9-14-26/h4-16,19-21,33,42H,17-18,22-24H2,1-3H3. The predicted octanol–water partition coefficient (Wildman–Crippen LogP) is 8.44. The molecule has 0 aromatic heterocycles. The molecule has 45 heavy (non-hydrogen) atoms. The first-order chi connectivity index (χ1) is 21.5. The molecule has 4 aromatic rings. The molecule has 2 atom stereocenters. The van der Waals surface area contributed by atoms with Crippen LogP contribution in [0.5, 0.6) is 5.75 Å². The van der Waals surface area contributed by atoms with E-state index in [1.807, 2.05) is 111 Å². The molecule has 0 radical (unpaired) electrons. The molecule has 5 rings (SSSR count). The lowest BCUT2D eigenvalue weighted by molar-refractivity contribution is -0.155. The van der Waals surface area contributed by atoms with Gasteiger partial charge in [0, 0.05) is 35.0 Å². The second kappa shape index (κ2) is 14.0. The number of aliphatic hydroxyl groups is 1. The maximum atomic E-state index is 14.4. The molecule has 1 amide bonds. The van der Waals surface area contributed by atoms with Crippen LogP contribution in [0.3, 0.4) is 0 Å². The van der Waals surface area contributed by atoms with Gasteiger partial charge in [0.05, 0.1) is 0 Å². The summed E-state index contributed by atoms with van der Waals surface area (Å²) in [5.41, 5.74) is 1.27. The fourth-order valence-electron chi connectivity index (χ4n) is 5.75. The Morgan fingerprint density at radius 2 is 1.53 bits per heavy atom. The Bertz CT molecular complexity index is 1590. The van der Waals surface area contributed by atoms with E-state index in [9.17, 15) is 14.3 Å². The Hall–Kier alpha value is -3.24. The third-order valence-electron chi connectivity index (χ3n) is 7.84. The molecule has 6 nitrogen and oxygen atoms in total. The molecule has 0 bridgehead atoms. The van der Waals surface area contributed by atoms with Crippen LogP contribution in [0.1, 0.15) is 43.0 Å². The van der Waals surface area contributed by atoms with Gasteiger partial charge in [-0.3, -0.25) is 9.80 Å². The van der Waals surface area contributed by atoms with E-state index in [1.54, 1.807) is 4.90 Å². The van der Waals surface area contributed by atoms with Crippen LogP contribution >= 0.6 is 31.9 Å². The van der Waals surface area contributed by atoms with Crippen molar-refractivity contribution in [2.75, 3.05) is 13.1 Å². The van der Waals surface area contributed by atoms with Crippen LogP contribution in [0.2, 0.25) is 0 Å². The highest BCUT2D eigenvalue weighted by Gasteiger charge is 2.54. The van der Waals surface area contributed by atoms with Crippen molar-refractivity contribution < 1.29 is 23.8 Å². The normalized spacial score (nSPS) is 18.9. The average Bonchev–Trinajstić information content (AvgIpc) is 3.00. The van der Waals surface area contributed by atoms with Gasteiger partial charge in [-0.2, -0.15) is 0 Å². The van der Waals surface area contributed by atoms with Crippen molar-refractivity contribution in [3.63, 3.8) is 0 Å². The van der Waals surface area contributed by atoms with Crippen LogP contribution in [0.25, 0.3) is 0 Å². The zero-order valence-corrected chi connectivity index (χ0v) is 28.7. The van der Waals surface area contributed by atoms with E-state index in [0.717, 1.165) is 11.1 Å². The van der Waals surface area contributed by atoms with Gasteiger partial charge in [-0.05, 0) is 67.3 Å². The summed E-state index contributed by atoms with van der Waals surface area (Å²) in [6, 6.07) is 30.0. The van der Waals surface area contributed by atoms with E-state index in [4.69, 9.17) is 9.47 Å². The van der Waals surface area contributed by atoms with Crippen molar-refractivity contribution in [2.24, 2.45) is 0 Å². The third kappa shape index (κ3) is 7.77. The second-order valence-corrected chi connectivity index (χ2v) is 13.9. The lowest BCUT2D eigenvalue weighted by Gasteiger charge is -2.54. The topological polar surface area (TPSA) is 62.2 Å². The van der Waals surface area contributed by atoms with Gasteiger partial charge in [0.25, 0.3) is 0 Å². The van der Waals surface area contributed by atoms with Crippen molar-refractivity contribution in [1.82, 2.24) is 9.80 Å². The van der Waals surface area contributed by atoms with Crippen LogP contribution in [-0.4, -0.2) is 45.9 Å². The molecule has 9 heteroatoms. The van der Waals surface area contributed by atoms with Crippen LogP contribution in [0.15, 0.2) is 106 Å². The Kier molecular flexibility index (Phi) is 10.3. The maximum Gasteiger partial charge on any atom is 0.411 e. The molecule has 1 aliphatic heterocycles. The molecule has 1 aliphatic rings. The first kappa shape index (κ1) is 33.1. The summed E-state index contributed by atoms with van der Waals surface area (Å²) >= 11 is 7.11. The fraction of sp³-hybridized carbons (Fsp3) is 0.306. The summed E-state index contributed by atoms with van der Waals surface area (Å²) in [4.78, 5) is 17.7. The monoisotopic (exact) mass is 738 g/mol. The fourth-order valence-corrected chi connectivity index (χ4v) is 7.16. The van der Waals surface area contributed by atoms with Crippen LogP contribution < -0.4 is 4.74 Å². The largest absolute Gasteiger partial charge is 0.489 e. The molecular formula is C36H37Br2FN2O4. The first-order valence-corrected chi connectivity index (χ1v) is 16.4. The Morgan fingerprint density at radius 3 is 2.16 bits per heavy atom. The minimum Gasteiger partial charge on any atom is -0.489 e. The lowest BCUT2D eigenvalue weighted by Crippen LogP contribution is -2.68. The van der Waals surface area contributed by atoms with E-state index < -0.39 is 29.3 Å². The SMILES string of the molecule is CC(C)(C)OC(=O)N1CCN(Cc2ccccc2)C(O)C1(Cc1c(Br)cc(F)cc1Br)c1cccc(OCc2ccccc2)c1. The number of carbonyl (C=O) groups is 1. The number of ether oxygens (including phenoxy) is 2. The molecule has 1 heterocycles. The van der Waals surface area contributed by atoms with Gasteiger partial charge in [-0.25, -0.2) is 9.18 Å². The smallest absolute Gasteiger partial charge is 0.411 e. The number of rotatable bonds is 8. The van der Waals surface area contributed by atoms with Crippen molar-refractivity contribution >= 4 is 38.0 Å². The summed E-state index contributed by atoms with van der Waals surface area (Å²) < 4.78 is 27.6. The van der Waals surface area contributed by atoms with Gasteiger partial charge in [-0.1, -0.05) is 105 Å². The van der Waals surface area contributed by atoms with Gasteiger partial charge in [0.2, 0.25) is 0 Å². The van der Waals surface area contributed by atoms with E-state index >= 15 is 0 Å². The Labute approximate surface area is 281 Å². The molecule has 1 saturated heterocycles. The molecule has 1 fully saturated rings. The van der Waals surface area contributed by atoms with E-state index in [-0.39, 0.29) is 13.0 Å². The number of piperazine rings is 1. The zero-order valence-electron chi connectivity index (χ0n) is 25.6. The lowest BCUT2D eigenvalue weighted by atomic mass is 9.78. The summed E-state index contributed by atoms with van der Waals surface area (Å²) in [6.07, 6.45) is -1.58. The molecule has 236 valence electrons. The van der Waals surface area contributed by atoms with Crippen molar-refractivity contribution in [1.29, 1.82) is 0 Å². The minimum atomic E-state index is -1.36. The van der Waals surface area contributed by atoms with Gasteiger partial charge in [0.1, 0.15) is 35.5 Å². The molecule has 0 spiro atoms. The number of amides is 1. The predicted molar refractivity (Wildman–Crippen MR) is 180 cm³/mol. The average molecular weight is 741 g/mol. The number of carbonyl (C=O) groups excluding carboxylic acids is 1. The highest BCUT2D eigenvalue weighted by Crippen LogP contribution is 2.45. The Morgan fingerprint density at radius 1 is 0.911 bits per heavy atom. The number of nitrogens with zero attached hydrogens (tertiary/aromatic N) is 2. The van der Waals surface area contributed by atoms with Gasteiger partial charge in [0.15, 0.2) is 0 Å².